The molecule has 6 nitrogen and oxygen atoms in total. The van der Waals surface area contributed by atoms with E-state index in [1.165, 1.54) is 12.7 Å². The van der Waals surface area contributed by atoms with Crippen molar-refractivity contribution in [2.75, 3.05) is 27.3 Å². The highest BCUT2D eigenvalue weighted by atomic mass is 16.5. The maximum absolute atomic E-state index is 11.1. The third kappa shape index (κ3) is 10.8. The van der Waals surface area contributed by atoms with Crippen molar-refractivity contribution in [3.63, 3.8) is 0 Å². The fourth-order valence-electron chi connectivity index (χ4n) is 2.05. The Hall–Kier alpha value is -1.92. The average Bonchev–Trinajstić information content (AvgIpc) is 3.11. The first-order valence-corrected chi connectivity index (χ1v) is 8.86. The van der Waals surface area contributed by atoms with Crippen molar-refractivity contribution in [1.82, 2.24) is 10.6 Å². The second kappa shape index (κ2) is 13.3. The van der Waals surface area contributed by atoms with Gasteiger partial charge in [0.2, 0.25) is 6.41 Å². The Kier molecular flexibility index (Phi) is 12.3. The Labute approximate surface area is 159 Å². The van der Waals surface area contributed by atoms with Crippen molar-refractivity contribution in [2.45, 2.75) is 45.8 Å². The van der Waals surface area contributed by atoms with Crippen LogP contribution in [0.25, 0.3) is 0 Å². The molecule has 1 aliphatic rings. The molecule has 0 bridgehead atoms. The molecule has 1 aliphatic heterocycles. The van der Waals surface area contributed by atoms with Gasteiger partial charge in [-0.25, -0.2) is 0 Å². The Morgan fingerprint density at radius 3 is 2.23 bits per heavy atom. The SMILES string of the molecule is CCc1ccccc1.COC(=O)C1CNC[C@H]1NC=O.COC(C)(C)C.[HH]. The first kappa shape index (κ1) is 24.1. The highest BCUT2D eigenvalue weighted by molar-refractivity contribution is 5.74. The number of ether oxygens (including phenoxy) is 2. The van der Waals surface area contributed by atoms with Gasteiger partial charge in [-0.1, -0.05) is 37.3 Å². The van der Waals surface area contributed by atoms with Crippen LogP contribution in [0.2, 0.25) is 0 Å². The van der Waals surface area contributed by atoms with Crippen LogP contribution in [0.1, 0.15) is 34.7 Å². The summed E-state index contributed by atoms with van der Waals surface area (Å²) in [6, 6.07) is 10.3. The first-order valence-electron chi connectivity index (χ1n) is 8.86. The molecule has 1 amide bonds. The topological polar surface area (TPSA) is 76.7 Å². The van der Waals surface area contributed by atoms with Crippen LogP contribution in [0.5, 0.6) is 0 Å². The lowest BCUT2D eigenvalue weighted by Gasteiger charge is -2.14. The molecular weight excluding hydrogens is 332 g/mol. The van der Waals surface area contributed by atoms with Gasteiger partial charge >= 0.3 is 5.97 Å². The minimum atomic E-state index is -0.278. The first-order chi connectivity index (χ1) is 12.3. The van der Waals surface area contributed by atoms with Gasteiger partial charge < -0.3 is 20.1 Å². The summed E-state index contributed by atoms with van der Waals surface area (Å²) in [6.07, 6.45) is 1.74. The van der Waals surface area contributed by atoms with Crippen molar-refractivity contribution < 1.29 is 20.5 Å². The zero-order valence-corrected chi connectivity index (χ0v) is 16.9. The second-order valence-corrected chi connectivity index (χ2v) is 6.83. The maximum Gasteiger partial charge on any atom is 0.312 e. The molecule has 0 radical (unpaired) electrons. The molecule has 1 aromatic carbocycles. The Balaban J connectivity index is 0. The number of nitrogens with one attached hydrogen (secondary N) is 2. The molecule has 1 fully saturated rings. The van der Waals surface area contributed by atoms with E-state index < -0.39 is 0 Å². The average molecular weight is 369 g/mol. The van der Waals surface area contributed by atoms with Crippen LogP contribution in [0.3, 0.4) is 0 Å². The van der Waals surface area contributed by atoms with E-state index in [2.05, 4.69) is 46.6 Å². The third-order valence-electron chi connectivity index (χ3n) is 3.86. The smallest absolute Gasteiger partial charge is 0.312 e. The van der Waals surface area contributed by atoms with Gasteiger partial charge in [-0.15, -0.1) is 0 Å². The molecule has 2 atom stereocenters. The van der Waals surface area contributed by atoms with Gasteiger partial charge in [-0.05, 0) is 32.8 Å². The summed E-state index contributed by atoms with van der Waals surface area (Å²) in [5.74, 6) is -0.528. The van der Waals surface area contributed by atoms with E-state index in [1.807, 2.05) is 26.8 Å². The van der Waals surface area contributed by atoms with Crippen molar-refractivity contribution in [2.24, 2.45) is 5.92 Å². The monoisotopic (exact) mass is 368 g/mol. The van der Waals surface area contributed by atoms with E-state index in [-0.39, 0.29) is 25.0 Å². The minimum absolute atomic E-state index is 0. The van der Waals surface area contributed by atoms with E-state index in [0.29, 0.717) is 19.5 Å². The number of carbonyl (C=O) groups is 2. The lowest BCUT2D eigenvalue weighted by molar-refractivity contribution is -0.145. The van der Waals surface area contributed by atoms with Gasteiger partial charge in [-0.3, -0.25) is 9.59 Å². The second-order valence-electron chi connectivity index (χ2n) is 6.83. The zero-order valence-electron chi connectivity index (χ0n) is 16.9. The van der Waals surface area contributed by atoms with Gasteiger partial charge in [0.25, 0.3) is 0 Å². The molecule has 1 unspecified atom stereocenters. The molecule has 1 saturated heterocycles. The summed E-state index contributed by atoms with van der Waals surface area (Å²) in [4.78, 5) is 21.2. The highest BCUT2D eigenvalue weighted by Crippen LogP contribution is 2.09. The van der Waals surface area contributed by atoms with Crippen molar-refractivity contribution in [3.8, 4) is 0 Å². The summed E-state index contributed by atoms with van der Waals surface area (Å²) in [5, 5.41) is 5.57. The molecule has 0 spiro atoms. The number of hydrogen-bond donors (Lipinski definition) is 2. The molecule has 26 heavy (non-hydrogen) atoms. The number of methoxy groups -OCH3 is 2. The number of aryl methyl sites for hydroxylation is 1. The van der Waals surface area contributed by atoms with Gasteiger partial charge in [0.05, 0.1) is 24.7 Å². The van der Waals surface area contributed by atoms with E-state index in [0.717, 1.165) is 6.42 Å². The van der Waals surface area contributed by atoms with Crippen molar-refractivity contribution in [1.29, 1.82) is 0 Å². The van der Waals surface area contributed by atoms with E-state index in [4.69, 9.17) is 4.74 Å². The fourth-order valence-corrected chi connectivity index (χ4v) is 2.05. The van der Waals surface area contributed by atoms with Gasteiger partial charge in [0.1, 0.15) is 0 Å². The molecule has 2 N–H and O–H groups in total. The third-order valence-corrected chi connectivity index (χ3v) is 3.86. The van der Waals surface area contributed by atoms with Crippen LogP contribution < -0.4 is 10.6 Å². The highest BCUT2D eigenvalue weighted by Gasteiger charge is 2.33. The molecule has 1 aromatic rings. The van der Waals surface area contributed by atoms with Crippen LogP contribution >= 0.6 is 0 Å². The van der Waals surface area contributed by atoms with E-state index in [9.17, 15) is 9.59 Å². The Morgan fingerprint density at radius 1 is 1.27 bits per heavy atom. The standard InChI is InChI=1S/C8H10.C7H12N2O3.C5H12O.H2/c1-2-8-6-4-3-5-7-8;1-12-7(11)5-2-8-3-6(5)9-4-10;1-5(2,3)6-4;/h3-7H,2H2,1H3;4-6,8H,2-3H2,1H3,(H,9,10);1-4H3;1H/t;5?,6-;;/m.1../s1. The van der Waals surface area contributed by atoms with Crippen LogP contribution in [0.15, 0.2) is 30.3 Å². The summed E-state index contributed by atoms with van der Waals surface area (Å²) in [6.45, 7) is 9.42. The predicted molar refractivity (Wildman–Crippen MR) is 106 cm³/mol. The summed E-state index contributed by atoms with van der Waals surface area (Å²) >= 11 is 0. The molecule has 150 valence electrons. The normalized spacial score (nSPS) is 18.5. The molecule has 0 aliphatic carbocycles. The molecule has 0 aromatic heterocycles. The number of esters is 1. The van der Waals surface area contributed by atoms with Gasteiger partial charge in [0.15, 0.2) is 0 Å². The number of rotatable bonds is 4. The molecule has 6 heteroatoms. The summed E-state index contributed by atoms with van der Waals surface area (Å²) in [7, 11) is 3.05. The molecule has 1 heterocycles. The van der Waals surface area contributed by atoms with Crippen molar-refractivity contribution >= 4 is 12.4 Å². The Morgan fingerprint density at radius 2 is 1.85 bits per heavy atom. The number of hydrogen-bond acceptors (Lipinski definition) is 5. The van der Waals surface area contributed by atoms with Crippen LogP contribution in [-0.4, -0.2) is 51.3 Å². The van der Waals surface area contributed by atoms with Crippen molar-refractivity contribution in [3.05, 3.63) is 35.9 Å². The summed E-state index contributed by atoms with van der Waals surface area (Å²) < 4.78 is 9.51. The lowest BCUT2D eigenvalue weighted by Crippen LogP contribution is -2.39. The van der Waals surface area contributed by atoms with E-state index >= 15 is 0 Å². The zero-order chi connectivity index (χ0) is 20.0. The molecule has 0 saturated carbocycles. The van der Waals surface area contributed by atoms with Crippen LogP contribution in [0.4, 0.5) is 0 Å². The fraction of sp³-hybridized carbons (Fsp3) is 0.600. The number of amides is 1. The van der Waals surface area contributed by atoms with Gasteiger partial charge in [0, 0.05) is 21.6 Å². The quantitative estimate of drug-likeness (QED) is 0.630. The maximum atomic E-state index is 11.1. The predicted octanol–water partition coefficient (Wildman–Crippen LogP) is 2.42. The van der Waals surface area contributed by atoms with Crippen LogP contribution in [-0.2, 0) is 25.5 Å². The van der Waals surface area contributed by atoms with E-state index in [1.54, 1.807) is 7.11 Å². The Bertz CT molecular complexity index is 506. The molecule has 2 rings (SSSR count). The van der Waals surface area contributed by atoms with Gasteiger partial charge in [-0.2, -0.15) is 0 Å². The number of benzene rings is 1. The van der Waals surface area contributed by atoms with Crippen LogP contribution in [0, 0.1) is 5.92 Å². The minimum Gasteiger partial charge on any atom is -0.469 e. The molecular formula is C20H36N2O4. The summed E-state index contributed by atoms with van der Waals surface area (Å²) in [5.41, 5.74) is 1.45. The largest absolute Gasteiger partial charge is 0.469 e. The number of carbonyl (C=O) groups excluding carboxylic acids is 2. The lowest BCUT2D eigenvalue weighted by atomic mass is 10.0.